The summed E-state index contributed by atoms with van der Waals surface area (Å²) in [5, 5.41) is 0. The Morgan fingerprint density at radius 2 is 0.953 bits per heavy atom. The van der Waals surface area contributed by atoms with Crippen LogP contribution in [0.3, 0.4) is 0 Å². The van der Waals surface area contributed by atoms with E-state index in [-0.39, 0.29) is 0 Å². The van der Waals surface area contributed by atoms with Crippen molar-refractivity contribution in [2.75, 3.05) is 39.6 Å². The van der Waals surface area contributed by atoms with Gasteiger partial charge in [-0.05, 0) is 82.3 Å². The van der Waals surface area contributed by atoms with Gasteiger partial charge in [0, 0.05) is 13.2 Å². The van der Waals surface area contributed by atoms with Gasteiger partial charge in [0.05, 0.1) is 18.6 Å². The van der Waals surface area contributed by atoms with Crippen LogP contribution in [0, 0.1) is 0 Å². The summed E-state index contributed by atoms with van der Waals surface area (Å²) in [6, 6.07) is 31.4. The molecule has 4 nitrogen and oxygen atoms in total. The molecule has 5 rings (SSSR count). The topological polar surface area (TPSA) is 36.9 Å². The Hall–Kier alpha value is -3.60. The fourth-order valence-corrected chi connectivity index (χ4v) is 6.46. The highest BCUT2D eigenvalue weighted by atomic mass is 16.5. The lowest BCUT2D eigenvalue weighted by Crippen LogP contribution is -2.29. The highest BCUT2D eigenvalue weighted by Crippen LogP contribution is 2.57. The van der Waals surface area contributed by atoms with E-state index >= 15 is 0 Å². The third-order valence-corrected chi connectivity index (χ3v) is 8.46. The summed E-state index contributed by atoms with van der Waals surface area (Å²) >= 11 is 0. The van der Waals surface area contributed by atoms with E-state index in [0.717, 1.165) is 11.5 Å². The van der Waals surface area contributed by atoms with Crippen LogP contribution >= 0.6 is 0 Å². The molecular formula is C39H46O4. The molecule has 0 atom stereocenters. The average molecular weight is 579 g/mol. The lowest BCUT2D eigenvalue weighted by molar-refractivity contribution is 0.109. The van der Waals surface area contributed by atoms with Gasteiger partial charge in [-0.25, -0.2) is 0 Å². The minimum absolute atomic E-state index is 0.290. The summed E-state index contributed by atoms with van der Waals surface area (Å²) in [6.07, 6.45) is 0. The molecule has 0 saturated heterocycles. The zero-order chi connectivity index (χ0) is 30.4. The number of hydrogen-bond acceptors (Lipinski definition) is 4. The standard InChI is InChI=1S/C39H46O4/c1-7-40-21-23-42-37-19-17-29(25-33(37)27(3)4)39(35-15-11-9-13-31(35)32-14-10-12-16-36(32)39)30-18-20-38(34(26-30)28(5)6)43-24-22-41-8-2/h9-20,25-28H,7-8,21-24H2,1-6H3. The first kappa shape index (κ1) is 30.8. The lowest BCUT2D eigenvalue weighted by atomic mass is 9.66. The van der Waals surface area contributed by atoms with Gasteiger partial charge >= 0.3 is 0 Å². The summed E-state index contributed by atoms with van der Waals surface area (Å²) in [7, 11) is 0. The molecule has 0 aliphatic heterocycles. The second-order valence-electron chi connectivity index (χ2n) is 11.7. The lowest BCUT2D eigenvalue weighted by Gasteiger charge is -2.35. The van der Waals surface area contributed by atoms with Crippen LogP contribution in [0.5, 0.6) is 11.5 Å². The van der Waals surface area contributed by atoms with Crippen LogP contribution in [0.25, 0.3) is 11.1 Å². The Morgan fingerprint density at radius 3 is 1.35 bits per heavy atom. The maximum atomic E-state index is 6.27. The molecule has 0 amide bonds. The normalized spacial score (nSPS) is 13.3. The molecule has 4 aromatic rings. The van der Waals surface area contributed by atoms with Crippen molar-refractivity contribution < 1.29 is 18.9 Å². The van der Waals surface area contributed by atoms with Gasteiger partial charge in [0.25, 0.3) is 0 Å². The van der Waals surface area contributed by atoms with Crippen molar-refractivity contribution in [1.29, 1.82) is 0 Å². The minimum atomic E-state index is -0.492. The van der Waals surface area contributed by atoms with Gasteiger partial charge in [-0.1, -0.05) is 100 Å². The predicted molar refractivity (Wildman–Crippen MR) is 176 cm³/mol. The third-order valence-electron chi connectivity index (χ3n) is 8.46. The Labute approximate surface area is 258 Å². The first-order valence-electron chi connectivity index (χ1n) is 15.8. The first-order chi connectivity index (χ1) is 20.9. The molecule has 0 unspecified atom stereocenters. The SMILES string of the molecule is CCOCCOc1ccc(C2(c3ccc(OCCOCC)c(C(C)C)c3)c3ccccc3-c3ccccc32)cc1C(C)C. The van der Waals surface area contributed by atoms with E-state index in [1.165, 1.54) is 44.5 Å². The molecule has 0 bridgehead atoms. The van der Waals surface area contributed by atoms with E-state index in [1.54, 1.807) is 0 Å². The summed E-state index contributed by atoms with van der Waals surface area (Å²) in [5.41, 5.74) is 9.56. The van der Waals surface area contributed by atoms with Crippen molar-refractivity contribution in [1.82, 2.24) is 0 Å². The molecule has 0 fully saturated rings. The largest absolute Gasteiger partial charge is 0.491 e. The van der Waals surface area contributed by atoms with E-state index in [9.17, 15) is 0 Å². The van der Waals surface area contributed by atoms with Crippen LogP contribution in [0.2, 0.25) is 0 Å². The van der Waals surface area contributed by atoms with Crippen molar-refractivity contribution in [2.45, 2.75) is 58.8 Å². The quantitative estimate of drug-likeness (QED) is 0.123. The number of fused-ring (bicyclic) bond motifs is 3. The summed E-state index contributed by atoms with van der Waals surface area (Å²) in [5.74, 6) is 2.43. The Kier molecular flexibility index (Phi) is 9.90. The van der Waals surface area contributed by atoms with Gasteiger partial charge in [0.15, 0.2) is 0 Å². The number of rotatable bonds is 14. The second-order valence-corrected chi connectivity index (χ2v) is 11.7. The molecule has 0 heterocycles. The van der Waals surface area contributed by atoms with Crippen LogP contribution in [0.15, 0.2) is 84.9 Å². The molecule has 0 N–H and O–H groups in total. The number of benzene rings is 4. The molecule has 4 heteroatoms. The van der Waals surface area contributed by atoms with Crippen molar-refractivity contribution in [2.24, 2.45) is 0 Å². The smallest absolute Gasteiger partial charge is 0.122 e. The second kappa shape index (κ2) is 13.8. The molecule has 0 saturated carbocycles. The van der Waals surface area contributed by atoms with E-state index < -0.39 is 5.41 Å². The van der Waals surface area contributed by atoms with Gasteiger partial charge in [-0.3, -0.25) is 0 Å². The zero-order valence-corrected chi connectivity index (χ0v) is 26.6. The van der Waals surface area contributed by atoms with E-state index in [4.69, 9.17) is 18.9 Å². The molecular weight excluding hydrogens is 532 g/mol. The molecule has 1 aliphatic rings. The van der Waals surface area contributed by atoms with Gasteiger partial charge in [-0.15, -0.1) is 0 Å². The average Bonchev–Trinajstić information content (AvgIpc) is 3.32. The van der Waals surface area contributed by atoms with Crippen LogP contribution < -0.4 is 9.47 Å². The number of ether oxygens (including phenoxy) is 4. The molecule has 0 spiro atoms. The maximum Gasteiger partial charge on any atom is 0.122 e. The highest BCUT2D eigenvalue weighted by molar-refractivity contribution is 5.86. The monoisotopic (exact) mass is 578 g/mol. The van der Waals surface area contributed by atoms with Gasteiger partial charge < -0.3 is 18.9 Å². The number of hydrogen-bond donors (Lipinski definition) is 0. The molecule has 0 aromatic heterocycles. The summed E-state index contributed by atoms with van der Waals surface area (Å²) in [4.78, 5) is 0. The summed E-state index contributed by atoms with van der Waals surface area (Å²) in [6.45, 7) is 16.6. The van der Waals surface area contributed by atoms with Gasteiger partial charge in [0.1, 0.15) is 24.7 Å². The van der Waals surface area contributed by atoms with E-state index in [2.05, 4.69) is 113 Å². The maximum absolute atomic E-state index is 6.27. The van der Waals surface area contributed by atoms with E-state index in [1.807, 2.05) is 13.8 Å². The Morgan fingerprint density at radius 1 is 0.535 bits per heavy atom. The fraction of sp³-hybridized carbons (Fsp3) is 0.385. The Balaban J connectivity index is 1.72. The zero-order valence-electron chi connectivity index (χ0n) is 26.6. The first-order valence-corrected chi connectivity index (χ1v) is 15.8. The van der Waals surface area contributed by atoms with Crippen LogP contribution in [0.1, 0.15) is 86.8 Å². The van der Waals surface area contributed by atoms with Crippen molar-refractivity contribution in [3.8, 4) is 22.6 Å². The van der Waals surface area contributed by atoms with Crippen molar-refractivity contribution in [3.63, 3.8) is 0 Å². The molecule has 4 aromatic carbocycles. The van der Waals surface area contributed by atoms with Crippen molar-refractivity contribution in [3.05, 3.63) is 118 Å². The van der Waals surface area contributed by atoms with Crippen LogP contribution in [-0.4, -0.2) is 39.6 Å². The van der Waals surface area contributed by atoms with Gasteiger partial charge in [-0.2, -0.15) is 0 Å². The minimum Gasteiger partial charge on any atom is -0.491 e. The van der Waals surface area contributed by atoms with Crippen LogP contribution in [-0.2, 0) is 14.9 Å². The third kappa shape index (κ3) is 5.96. The van der Waals surface area contributed by atoms with Gasteiger partial charge in [0.2, 0.25) is 0 Å². The fourth-order valence-electron chi connectivity index (χ4n) is 6.46. The highest BCUT2D eigenvalue weighted by Gasteiger charge is 2.46. The predicted octanol–water partition coefficient (Wildman–Crippen LogP) is 9.13. The summed E-state index contributed by atoms with van der Waals surface area (Å²) < 4.78 is 23.6. The molecule has 1 aliphatic carbocycles. The molecule has 0 radical (unpaired) electrons. The molecule has 43 heavy (non-hydrogen) atoms. The molecule has 226 valence electrons. The van der Waals surface area contributed by atoms with Crippen LogP contribution in [0.4, 0.5) is 0 Å². The van der Waals surface area contributed by atoms with E-state index in [0.29, 0.717) is 51.5 Å². The Bertz CT molecular complexity index is 1400. The van der Waals surface area contributed by atoms with Crippen molar-refractivity contribution >= 4 is 0 Å².